The van der Waals surface area contributed by atoms with E-state index in [1.807, 2.05) is 0 Å². The smallest absolute Gasteiger partial charge is 0.342 e. The largest absolute Gasteiger partial charge is 0.508 e. The van der Waals surface area contributed by atoms with Crippen LogP contribution in [0, 0.1) is 6.92 Å². The van der Waals surface area contributed by atoms with Gasteiger partial charge in [-0.15, -0.1) is 11.3 Å². The van der Waals surface area contributed by atoms with Gasteiger partial charge in [0.2, 0.25) is 0 Å². The molecular formula is C24H22N2O8S. The summed E-state index contributed by atoms with van der Waals surface area (Å²) in [5.74, 6) is -3.72. The van der Waals surface area contributed by atoms with E-state index in [2.05, 4.69) is 10.6 Å². The van der Waals surface area contributed by atoms with Crippen LogP contribution < -0.4 is 10.6 Å². The van der Waals surface area contributed by atoms with E-state index in [1.54, 1.807) is 44.2 Å². The molecule has 0 unspecified atom stereocenters. The fraction of sp³-hybridized carbons (Fsp3) is 0.167. The average Bonchev–Trinajstić information content (AvgIpc) is 3.14. The van der Waals surface area contributed by atoms with Gasteiger partial charge in [-0.2, -0.15) is 0 Å². The molecule has 35 heavy (non-hydrogen) atoms. The van der Waals surface area contributed by atoms with Gasteiger partial charge >= 0.3 is 11.9 Å². The van der Waals surface area contributed by atoms with E-state index in [-0.39, 0.29) is 33.4 Å². The van der Waals surface area contributed by atoms with Crippen molar-refractivity contribution in [2.24, 2.45) is 0 Å². The van der Waals surface area contributed by atoms with Crippen molar-refractivity contribution in [3.05, 3.63) is 70.1 Å². The number of carbonyl (C=O) groups excluding carboxylic acids is 4. The molecule has 0 aliphatic rings. The Labute approximate surface area is 204 Å². The molecule has 0 fully saturated rings. The molecule has 0 bridgehead atoms. The number of ether oxygens (including phenoxy) is 2. The van der Waals surface area contributed by atoms with E-state index in [4.69, 9.17) is 9.47 Å². The summed E-state index contributed by atoms with van der Waals surface area (Å²) in [5.41, 5.74) is 0.654. The molecule has 1 heterocycles. The van der Waals surface area contributed by atoms with Crippen molar-refractivity contribution in [1.82, 2.24) is 0 Å². The second kappa shape index (κ2) is 11.2. The van der Waals surface area contributed by atoms with E-state index in [0.29, 0.717) is 11.3 Å². The number of anilines is 2. The Hall–Kier alpha value is -4.38. The minimum atomic E-state index is -0.992. The molecule has 0 atom stereocenters. The molecule has 2 amide bonds. The lowest BCUT2D eigenvalue weighted by atomic mass is 10.1. The number of nitrogens with one attached hydrogen (secondary N) is 2. The quantitative estimate of drug-likeness (QED) is 0.343. The normalized spacial score (nSPS) is 10.3. The number of carbonyl (C=O) groups is 4. The monoisotopic (exact) mass is 498 g/mol. The summed E-state index contributed by atoms with van der Waals surface area (Å²) in [6.45, 7) is 2.54. The van der Waals surface area contributed by atoms with Crippen LogP contribution in [-0.4, -0.2) is 47.2 Å². The summed E-state index contributed by atoms with van der Waals surface area (Å²) in [6.07, 6.45) is 0. The minimum absolute atomic E-state index is 0.0194. The van der Waals surface area contributed by atoms with Crippen molar-refractivity contribution in [2.75, 3.05) is 23.8 Å². The average molecular weight is 499 g/mol. The molecule has 0 aliphatic carbocycles. The van der Waals surface area contributed by atoms with Crippen LogP contribution in [0.1, 0.15) is 42.9 Å². The molecule has 3 rings (SSSR count). The molecule has 3 aromatic rings. The lowest BCUT2D eigenvalue weighted by molar-refractivity contribution is -0.119. The number of aromatic hydroxyl groups is 2. The Morgan fingerprint density at radius 1 is 0.943 bits per heavy atom. The molecule has 182 valence electrons. The number of hydrogen-bond donors (Lipinski definition) is 4. The van der Waals surface area contributed by atoms with Crippen molar-refractivity contribution in [3.8, 4) is 11.5 Å². The van der Waals surface area contributed by atoms with Gasteiger partial charge in [0, 0.05) is 11.8 Å². The minimum Gasteiger partial charge on any atom is -0.508 e. The second-order valence-electron chi connectivity index (χ2n) is 7.13. The predicted octanol–water partition coefficient (Wildman–Crippen LogP) is 3.69. The first-order valence-corrected chi connectivity index (χ1v) is 11.2. The number of phenols is 2. The molecule has 0 aliphatic heterocycles. The van der Waals surface area contributed by atoms with E-state index in [0.717, 1.165) is 23.5 Å². The molecule has 2 aromatic carbocycles. The first kappa shape index (κ1) is 25.2. The summed E-state index contributed by atoms with van der Waals surface area (Å²) < 4.78 is 9.98. The number of rotatable bonds is 8. The molecule has 10 nitrogen and oxygen atoms in total. The first-order valence-electron chi connectivity index (χ1n) is 10.4. The number of para-hydroxylation sites is 1. The van der Waals surface area contributed by atoms with Gasteiger partial charge in [-0.25, -0.2) is 9.59 Å². The summed E-state index contributed by atoms with van der Waals surface area (Å²) in [5, 5.41) is 24.3. The maximum absolute atomic E-state index is 12.8. The lowest BCUT2D eigenvalue weighted by Crippen LogP contribution is -2.21. The van der Waals surface area contributed by atoms with Gasteiger partial charge in [-0.1, -0.05) is 18.2 Å². The van der Waals surface area contributed by atoms with E-state index in [1.165, 1.54) is 6.07 Å². The van der Waals surface area contributed by atoms with Crippen LogP contribution in [0.25, 0.3) is 0 Å². The maximum atomic E-state index is 12.8. The van der Waals surface area contributed by atoms with E-state index < -0.39 is 36.1 Å². The zero-order valence-corrected chi connectivity index (χ0v) is 19.6. The van der Waals surface area contributed by atoms with Crippen molar-refractivity contribution >= 4 is 45.8 Å². The Balaban J connectivity index is 1.77. The molecule has 1 aromatic heterocycles. The summed E-state index contributed by atoms with van der Waals surface area (Å²) >= 11 is 0.878. The van der Waals surface area contributed by atoms with Crippen molar-refractivity contribution in [2.45, 2.75) is 13.8 Å². The van der Waals surface area contributed by atoms with Gasteiger partial charge in [0.15, 0.2) is 6.61 Å². The van der Waals surface area contributed by atoms with Gasteiger partial charge in [0.05, 0.1) is 17.0 Å². The third-order valence-corrected chi connectivity index (χ3v) is 5.86. The van der Waals surface area contributed by atoms with Gasteiger partial charge in [0.25, 0.3) is 11.8 Å². The van der Waals surface area contributed by atoms with Crippen molar-refractivity contribution in [1.29, 1.82) is 0 Å². The number of esters is 2. The van der Waals surface area contributed by atoms with Crippen LogP contribution in [0.4, 0.5) is 10.7 Å². The maximum Gasteiger partial charge on any atom is 0.342 e. The van der Waals surface area contributed by atoms with Gasteiger partial charge in [-0.05, 0) is 43.7 Å². The van der Waals surface area contributed by atoms with Gasteiger partial charge in [-0.3, -0.25) is 9.59 Å². The van der Waals surface area contributed by atoms with Crippen LogP contribution >= 0.6 is 11.3 Å². The molecule has 0 radical (unpaired) electrons. The highest BCUT2D eigenvalue weighted by Gasteiger charge is 2.27. The number of phenolic OH excluding ortho intramolecular Hbond substituents is 2. The molecule has 4 N–H and O–H groups in total. The summed E-state index contributed by atoms with van der Waals surface area (Å²) in [6, 6.07) is 12.0. The summed E-state index contributed by atoms with van der Waals surface area (Å²) in [7, 11) is 0. The zero-order valence-electron chi connectivity index (χ0n) is 18.8. The Morgan fingerprint density at radius 2 is 1.66 bits per heavy atom. The molecule has 0 spiro atoms. The number of benzene rings is 2. The zero-order chi connectivity index (χ0) is 25.5. The highest BCUT2D eigenvalue weighted by atomic mass is 32.1. The number of thiophene rings is 1. The van der Waals surface area contributed by atoms with Crippen molar-refractivity contribution in [3.63, 3.8) is 0 Å². The fourth-order valence-corrected chi connectivity index (χ4v) is 4.15. The fourth-order valence-electron chi connectivity index (χ4n) is 3.04. The highest BCUT2D eigenvalue weighted by molar-refractivity contribution is 7.19. The number of amides is 2. The molecule has 11 heteroatoms. The highest BCUT2D eigenvalue weighted by Crippen LogP contribution is 2.34. The van der Waals surface area contributed by atoms with Gasteiger partial charge in [0.1, 0.15) is 22.1 Å². The lowest BCUT2D eigenvalue weighted by Gasteiger charge is -2.08. The van der Waals surface area contributed by atoms with Crippen LogP contribution in [0.2, 0.25) is 0 Å². The Bertz CT molecular complexity index is 1270. The van der Waals surface area contributed by atoms with Crippen LogP contribution in [0.3, 0.4) is 0 Å². The molecule has 0 saturated heterocycles. The van der Waals surface area contributed by atoms with E-state index in [9.17, 15) is 29.4 Å². The molecular weight excluding hydrogens is 476 g/mol. The van der Waals surface area contributed by atoms with Crippen LogP contribution in [0.15, 0.2) is 48.5 Å². The Morgan fingerprint density at radius 3 is 2.31 bits per heavy atom. The molecule has 0 saturated carbocycles. The van der Waals surface area contributed by atoms with Crippen LogP contribution in [0.5, 0.6) is 11.5 Å². The van der Waals surface area contributed by atoms with E-state index >= 15 is 0 Å². The Kier molecular flexibility index (Phi) is 8.05. The third-order valence-electron chi connectivity index (χ3n) is 4.65. The predicted molar refractivity (Wildman–Crippen MR) is 128 cm³/mol. The van der Waals surface area contributed by atoms with Gasteiger partial charge < -0.3 is 30.3 Å². The number of hydrogen-bond acceptors (Lipinski definition) is 9. The summed E-state index contributed by atoms with van der Waals surface area (Å²) in [4.78, 5) is 50.2. The second-order valence-corrected chi connectivity index (χ2v) is 8.15. The first-order chi connectivity index (χ1) is 16.7. The standard InChI is InChI=1S/C24H22N2O8S/c1-3-33-24(32)19-13(2)20(21(30)25-14-7-5-4-6-8-14)35-22(19)26-18(29)12-34-23(31)16-10-9-15(27)11-17(16)28/h4-11,27-28H,3,12H2,1-2H3,(H,25,30)(H,26,29). The topological polar surface area (TPSA) is 151 Å². The SMILES string of the molecule is CCOC(=O)c1c(NC(=O)COC(=O)c2ccc(O)cc2O)sc(C(=O)Nc2ccccc2)c1C. The van der Waals surface area contributed by atoms with Crippen molar-refractivity contribution < 1.29 is 38.9 Å². The third kappa shape index (κ3) is 6.15. The van der Waals surface area contributed by atoms with Crippen LogP contribution in [-0.2, 0) is 14.3 Å².